The van der Waals surface area contributed by atoms with Gasteiger partial charge in [0.05, 0.1) is 24.4 Å². The monoisotopic (exact) mass is 427 g/mol. The number of amides is 2. The van der Waals surface area contributed by atoms with Crippen LogP contribution in [0.15, 0.2) is 11.1 Å². The second kappa shape index (κ2) is 8.70. The van der Waals surface area contributed by atoms with Crippen molar-refractivity contribution in [2.24, 2.45) is 13.0 Å². The number of aromatic nitrogens is 2. The van der Waals surface area contributed by atoms with Crippen LogP contribution >= 0.6 is 0 Å². The Balaban J connectivity index is 1.63. The van der Waals surface area contributed by atoms with Crippen LogP contribution in [0.5, 0.6) is 0 Å². The van der Waals surface area contributed by atoms with Crippen LogP contribution in [0.2, 0.25) is 0 Å². The molecule has 0 N–H and O–H groups in total. The SMILES string of the molecule is CCOC(=O)N1CCN(C(=O)C2CCCN(S(=O)(=O)c3cnn(C)c3C)C2)CC1. The zero-order valence-electron chi connectivity index (χ0n) is 17.2. The molecular weight excluding hydrogens is 398 g/mol. The maximum atomic E-state index is 13.0. The van der Waals surface area contributed by atoms with E-state index in [-0.39, 0.29) is 29.4 Å². The van der Waals surface area contributed by atoms with E-state index in [0.717, 1.165) is 0 Å². The lowest BCUT2D eigenvalue weighted by molar-refractivity contribution is -0.138. The van der Waals surface area contributed by atoms with Gasteiger partial charge in [0.25, 0.3) is 0 Å². The van der Waals surface area contributed by atoms with E-state index in [9.17, 15) is 18.0 Å². The topological polar surface area (TPSA) is 105 Å². The number of hydrogen-bond donors (Lipinski definition) is 0. The second-order valence-corrected chi connectivity index (χ2v) is 9.34. The molecule has 2 saturated heterocycles. The molecule has 10 nitrogen and oxygen atoms in total. The highest BCUT2D eigenvalue weighted by molar-refractivity contribution is 7.89. The summed E-state index contributed by atoms with van der Waals surface area (Å²) in [4.78, 5) is 28.3. The molecule has 2 amide bonds. The van der Waals surface area contributed by atoms with Gasteiger partial charge in [-0.25, -0.2) is 13.2 Å². The summed E-state index contributed by atoms with van der Waals surface area (Å²) in [6.07, 6.45) is 2.30. The van der Waals surface area contributed by atoms with Crippen LogP contribution in [0.25, 0.3) is 0 Å². The van der Waals surface area contributed by atoms with Gasteiger partial charge in [0.1, 0.15) is 4.90 Å². The maximum Gasteiger partial charge on any atom is 0.409 e. The molecule has 0 bridgehead atoms. The quantitative estimate of drug-likeness (QED) is 0.690. The summed E-state index contributed by atoms with van der Waals surface area (Å²) in [6, 6.07) is 0. The van der Waals surface area contributed by atoms with E-state index >= 15 is 0 Å². The van der Waals surface area contributed by atoms with E-state index in [2.05, 4.69) is 5.10 Å². The number of hydrogen-bond acceptors (Lipinski definition) is 6. The number of piperazine rings is 1. The largest absolute Gasteiger partial charge is 0.450 e. The van der Waals surface area contributed by atoms with Crippen molar-refractivity contribution < 1.29 is 22.7 Å². The van der Waals surface area contributed by atoms with Crippen LogP contribution in [-0.4, -0.2) is 90.2 Å². The number of carbonyl (C=O) groups is 2. The zero-order chi connectivity index (χ0) is 21.2. The predicted molar refractivity (Wildman–Crippen MR) is 105 cm³/mol. The predicted octanol–water partition coefficient (Wildman–Crippen LogP) is 0.430. The Morgan fingerprint density at radius 3 is 2.41 bits per heavy atom. The summed E-state index contributed by atoms with van der Waals surface area (Å²) < 4.78 is 34.0. The molecule has 0 spiro atoms. The Morgan fingerprint density at radius 1 is 1.17 bits per heavy atom. The fraction of sp³-hybridized carbons (Fsp3) is 0.722. The van der Waals surface area contributed by atoms with E-state index in [0.29, 0.717) is 57.9 Å². The number of ether oxygens (including phenoxy) is 1. The first-order valence-corrected chi connectivity index (χ1v) is 11.4. The Bertz CT molecular complexity index is 860. The summed E-state index contributed by atoms with van der Waals surface area (Å²) in [5.41, 5.74) is 0.577. The molecule has 1 atom stereocenters. The van der Waals surface area contributed by atoms with Gasteiger partial charge in [-0.2, -0.15) is 9.40 Å². The highest BCUT2D eigenvalue weighted by atomic mass is 32.2. The molecule has 2 fully saturated rings. The standard InChI is InChI=1S/C18H29N5O5S/c1-4-28-18(25)22-10-8-21(9-11-22)17(24)15-6-5-7-23(13-15)29(26,27)16-12-19-20(3)14(16)2/h12,15H,4-11,13H2,1-3H3. The summed E-state index contributed by atoms with van der Waals surface area (Å²) in [6.45, 7) is 6.09. The first-order valence-electron chi connectivity index (χ1n) is 9.95. The number of carbonyl (C=O) groups excluding carboxylic acids is 2. The number of sulfonamides is 1. The van der Waals surface area contributed by atoms with Crippen molar-refractivity contribution in [2.45, 2.75) is 31.6 Å². The molecule has 2 aliphatic rings. The lowest BCUT2D eigenvalue weighted by Gasteiger charge is -2.38. The van der Waals surface area contributed by atoms with Gasteiger partial charge in [0.2, 0.25) is 15.9 Å². The second-order valence-electron chi connectivity index (χ2n) is 7.43. The molecule has 162 valence electrons. The molecule has 1 unspecified atom stereocenters. The zero-order valence-corrected chi connectivity index (χ0v) is 18.0. The maximum absolute atomic E-state index is 13.0. The average molecular weight is 428 g/mol. The smallest absolute Gasteiger partial charge is 0.409 e. The van der Waals surface area contributed by atoms with Crippen molar-refractivity contribution in [3.8, 4) is 0 Å². The van der Waals surface area contributed by atoms with Gasteiger partial charge in [-0.15, -0.1) is 0 Å². The minimum atomic E-state index is -3.69. The van der Waals surface area contributed by atoms with Crippen LogP contribution < -0.4 is 0 Å². The highest BCUT2D eigenvalue weighted by Gasteiger charge is 2.37. The van der Waals surface area contributed by atoms with Gasteiger partial charge in [-0.3, -0.25) is 9.48 Å². The molecule has 3 heterocycles. The normalized spacial score (nSPS) is 21.3. The number of nitrogens with zero attached hydrogens (tertiary/aromatic N) is 5. The summed E-state index contributed by atoms with van der Waals surface area (Å²) >= 11 is 0. The molecule has 0 aliphatic carbocycles. The first kappa shape index (κ1) is 21.6. The minimum Gasteiger partial charge on any atom is -0.450 e. The molecular formula is C18H29N5O5S. The minimum absolute atomic E-state index is 0.0451. The van der Waals surface area contributed by atoms with Crippen LogP contribution in [0.4, 0.5) is 4.79 Å². The summed E-state index contributed by atoms with van der Waals surface area (Å²) in [5.74, 6) is -0.416. The summed E-state index contributed by atoms with van der Waals surface area (Å²) in [5, 5.41) is 4.03. The van der Waals surface area contributed by atoms with Crippen molar-refractivity contribution in [3.05, 3.63) is 11.9 Å². The molecule has 1 aromatic heterocycles. The molecule has 0 saturated carbocycles. The molecule has 1 aromatic rings. The average Bonchev–Trinajstić information content (AvgIpc) is 3.07. The van der Waals surface area contributed by atoms with Gasteiger partial charge >= 0.3 is 6.09 Å². The first-order chi connectivity index (χ1) is 13.8. The van der Waals surface area contributed by atoms with Gasteiger partial charge in [0.15, 0.2) is 0 Å². The lowest BCUT2D eigenvalue weighted by Crippen LogP contribution is -2.54. The van der Waals surface area contributed by atoms with Crippen molar-refractivity contribution in [3.63, 3.8) is 0 Å². The molecule has 11 heteroatoms. The Morgan fingerprint density at radius 2 is 1.83 bits per heavy atom. The third-order valence-electron chi connectivity index (χ3n) is 5.66. The third-order valence-corrected chi connectivity index (χ3v) is 7.63. The molecule has 0 aromatic carbocycles. The fourth-order valence-electron chi connectivity index (χ4n) is 3.82. The van der Waals surface area contributed by atoms with Gasteiger partial charge in [-0.1, -0.05) is 0 Å². The van der Waals surface area contributed by atoms with Crippen molar-refractivity contribution in [2.75, 3.05) is 45.9 Å². The Kier molecular flexibility index (Phi) is 6.47. The Hall–Kier alpha value is -2.14. The van der Waals surface area contributed by atoms with E-state index in [1.165, 1.54) is 15.2 Å². The molecule has 3 rings (SSSR count). The van der Waals surface area contributed by atoms with Crippen LogP contribution in [0.3, 0.4) is 0 Å². The number of aryl methyl sites for hydroxylation is 1. The van der Waals surface area contributed by atoms with Crippen LogP contribution in [-0.2, 0) is 26.6 Å². The fourth-order valence-corrected chi connectivity index (χ4v) is 5.53. The lowest BCUT2D eigenvalue weighted by atomic mass is 9.98. The van der Waals surface area contributed by atoms with Crippen molar-refractivity contribution >= 4 is 22.0 Å². The van der Waals surface area contributed by atoms with Crippen LogP contribution in [0.1, 0.15) is 25.5 Å². The van der Waals surface area contributed by atoms with E-state index in [4.69, 9.17) is 4.74 Å². The van der Waals surface area contributed by atoms with Crippen molar-refractivity contribution in [1.82, 2.24) is 23.9 Å². The summed E-state index contributed by atoms with van der Waals surface area (Å²) in [7, 11) is -1.98. The molecule has 29 heavy (non-hydrogen) atoms. The number of rotatable bonds is 4. The van der Waals surface area contributed by atoms with Crippen molar-refractivity contribution in [1.29, 1.82) is 0 Å². The van der Waals surface area contributed by atoms with E-state index < -0.39 is 10.0 Å². The van der Waals surface area contributed by atoms with Gasteiger partial charge in [0, 0.05) is 46.3 Å². The molecule has 2 aliphatic heterocycles. The highest BCUT2D eigenvalue weighted by Crippen LogP contribution is 2.26. The third kappa shape index (κ3) is 4.40. The Labute approximate surface area is 171 Å². The molecule has 0 radical (unpaired) electrons. The van der Waals surface area contributed by atoms with Gasteiger partial charge < -0.3 is 14.5 Å². The van der Waals surface area contributed by atoms with Crippen LogP contribution in [0, 0.1) is 12.8 Å². The van der Waals surface area contributed by atoms with Gasteiger partial charge in [-0.05, 0) is 26.7 Å². The van der Waals surface area contributed by atoms with E-state index in [1.54, 1.807) is 30.7 Å². The van der Waals surface area contributed by atoms with E-state index in [1.807, 2.05) is 0 Å². The number of piperidine rings is 1.